The second-order valence-corrected chi connectivity index (χ2v) is 17.4. The Morgan fingerprint density at radius 1 is 0.328 bits per heavy atom. The Hall–Kier alpha value is -1.85. The number of ether oxygens (including phenoxy) is 3. The van der Waals surface area contributed by atoms with Crippen molar-refractivity contribution >= 4 is 17.9 Å². The molecule has 0 radical (unpaired) electrons. The fraction of sp³-hybridized carbons (Fsp3) is 0.904. The number of rotatable bonds is 47. The van der Waals surface area contributed by atoms with Gasteiger partial charge in [0.25, 0.3) is 0 Å². The lowest BCUT2D eigenvalue weighted by Gasteiger charge is -2.18. The molecule has 0 spiro atoms. The van der Waals surface area contributed by atoms with E-state index in [0.717, 1.165) is 57.8 Å². The van der Waals surface area contributed by atoms with Gasteiger partial charge >= 0.3 is 17.9 Å². The van der Waals surface area contributed by atoms with Crippen molar-refractivity contribution in [2.24, 2.45) is 0 Å². The highest BCUT2D eigenvalue weighted by molar-refractivity contribution is 5.71. The number of hydrogen-bond donors (Lipinski definition) is 0. The van der Waals surface area contributed by atoms with Crippen LogP contribution in [0.4, 0.5) is 0 Å². The summed E-state index contributed by atoms with van der Waals surface area (Å²) in [7, 11) is 0. The number of allylic oxidation sites excluding steroid dienone is 2. The maximum atomic E-state index is 12.7. The summed E-state index contributed by atoms with van der Waals surface area (Å²) in [6.07, 6.45) is 52.1. The van der Waals surface area contributed by atoms with E-state index >= 15 is 0 Å². The van der Waals surface area contributed by atoms with E-state index in [9.17, 15) is 14.4 Å². The van der Waals surface area contributed by atoms with E-state index in [1.165, 1.54) is 186 Å². The zero-order valence-corrected chi connectivity index (χ0v) is 39.1. The van der Waals surface area contributed by atoms with Crippen LogP contribution in [0.25, 0.3) is 0 Å². The number of unbranched alkanes of at least 4 members (excludes halogenated alkanes) is 34. The standard InChI is InChI=1S/C52H98O6/c1-4-7-10-13-16-19-21-22-23-24-25-26-27-28-29-30-31-34-36-39-42-45-51(54)57-48-49(47-56-50(53)44-41-38-35-32-18-15-12-9-6-3)58-52(55)46-43-40-37-33-20-17-14-11-8-5-2/h24-25,49H,4-23,26-48H2,1-3H3/b25-24-. The van der Waals surface area contributed by atoms with Gasteiger partial charge in [-0.05, 0) is 44.9 Å². The Balaban J connectivity index is 4.17. The van der Waals surface area contributed by atoms with Crippen LogP contribution in [-0.4, -0.2) is 37.2 Å². The lowest BCUT2D eigenvalue weighted by molar-refractivity contribution is -0.167. The molecule has 0 aliphatic rings. The third-order valence-corrected chi connectivity index (χ3v) is 11.5. The molecule has 0 aromatic heterocycles. The molecule has 0 N–H and O–H groups in total. The van der Waals surface area contributed by atoms with Gasteiger partial charge in [-0.15, -0.1) is 0 Å². The fourth-order valence-electron chi connectivity index (χ4n) is 7.61. The Kier molecular flexibility index (Phi) is 46.3. The molecule has 58 heavy (non-hydrogen) atoms. The van der Waals surface area contributed by atoms with E-state index < -0.39 is 6.10 Å². The Morgan fingerprint density at radius 3 is 0.862 bits per heavy atom. The molecule has 1 atom stereocenters. The molecule has 0 saturated heterocycles. The summed E-state index contributed by atoms with van der Waals surface area (Å²) in [6.45, 7) is 6.63. The lowest BCUT2D eigenvalue weighted by atomic mass is 10.1. The molecule has 0 aliphatic carbocycles. The molecule has 0 aromatic rings. The van der Waals surface area contributed by atoms with Crippen LogP contribution in [-0.2, 0) is 28.6 Å². The minimum Gasteiger partial charge on any atom is -0.462 e. The van der Waals surface area contributed by atoms with Crippen molar-refractivity contribution in [2.45, 2.75) is 290 Å². The van der Waals surface area contributed by atoms with E-state index in [1.54, 1.807) is 0 Å². The lowest BCUT2D eigenvalue weighted by Crippen LogP contribution is -2.30. The SMILES string of the molecule is CCCCCCCCCC/C=C\CCCCCCCCCCCC(=O)OCC(COC(=O)CCCCCCCCCCC)OC(=O)CCCCCCCCCCCC. The Bertz CT molecular complexity index is 900. The summed E-state index contributed by atoms with van der Waals surface area (Å²) < 4.78 is 16.7. The van der Waals surface area contributed by atoms with Crippen LogP contribution >= 0.6 is 0 Å². The molecule has 0 heterocycles. The van der Waals surface area contributed by atoms with Crippen molar-refractivity contribution in [2.75, 3.05) is 13.2 Å². The predicted octanol–water partition coefficient (Wildman–Crippen LogP) is 16.6. The van der Waals surface area contributed by atoms with Crippen molar-refractivity contribution < 1.29 is 28.6 Å². The molecule has 0 amide bonds. The van der Waals surface area contributed by atoms with Crippen LogP contribution in [0.1, 0.15) is 284 Å². The van der Waals surface area contributed by atoms with Crippen molar-refractivity contribution in [3.63, 3.8) is 0 Å². The Labute approximate surface area is 360 Å². The maximum Gasteiger partial charge on any atom is 0.306 e. The van der Waals surface area contributed by atoms with Gasteiger partial charge < -0.3 is 14.2 Å². The van der Waals surface area contributed by atoms with Crippen LogP contribution in [0, 0.1) is 0 Å². The minimum absolute atomic E-state index is 0.0661. The average molecular weight is 819 g/mol. The van der Waals surface area contributed by atoms with Gasteiger partial charge in [0.05, 0.1) is 0 Å². The molecule has 0 saturated carbocycles. The highest BCUT2D eigenvalue weighted by atomic mass is 16.6. The maximum absolute atomic E-state index is 12.7. The highest BCUT2D eigenvalue weighted by Gasteiger charge is 2.19. The molecule has 0 fully saturated rings. The molecular formula is C52H98O6. The zero-order valence-electron chi connectivity index (χ0n) is 39.1. The van der Waals surface area contributed by atoms with E-state index in [2.05, 4.69) is 32.9 Å². The summed E-state index contributed by atoms with van der Waals surface area (Å²) >= 11 is 0. The van der Waals surface area contributed by atoms with Crippen molar-refractivity contribution in [1.29, 1.82) is 0 Å². The predicted molar refractivity (Wildman–Crippen MR) is 247 cm³/mol. The first-order chi connectivity index (χ1) is 28.5. The number of carbonyl (C=O) groups excluding carboxylic acids is 3. The molecule has 1 unspecified atom stereocenters. The molecule has 0 rings (SSSR count). The van der Waals surface area contributed by atoms with Crippen LogP contribution in [0.2, 0.25) is 0 Å². The normalized spacial score (nSPS) is 12.0. The molecule has 342 valence electrons. The first-order valence-corrected chi connectivity index (χ1v) is 25.7. The highest BCUT2D eigenvalue weighted by Crippen LogP contribution is 2.16. The third-order valence-electron chi connectivity index (χ3n) is 11.5. The molecular weight excluding hydrogens is 721 g/mol. The summed E-state index contributed by atoms with van der Waals surface area (Å²) in [6, 6.07) is 0. The van der Waals surface area contributed by atoms with E-state index in [4.69, 9.17) is 14.2 Å². The minimum atomic E-state index is -0.762. The average Bonchev–Trinajstić information content (AvgIpc) is 3.22. The van der Waals surface area contributed by atoms with Gasteiger partial charge in [-0.3, -0.25) is 14.4 Å². The smallest absolute Gasteiger partial charge is 0.306 e. The topological polar surface area (TPSA) is 78.9 Å². The quantitative estimate of drug-likeness (QED) is 0.0263. The summed E-state index contributed by atoms with van der Waals surface area (Å²) in [4.78, 5) is 37.8. The number of hydrogen-bond acceptors (Lipinski definition) is 6. The first-order valence-electron chi connectivity index (χ1n) is 25.7. The van der Waals surface area contributed by atoms with Crippen molar-refractivity contribution in [3.8, 4) is 0 Å². The fourth-order valence-corrected chi connectivity index (χ4v) is 7.61. The number of esters is 3. The monoisotopic (exact) mass is 819 g/mol. The van der Waals surface area contributed by atoms with Gasteiger partial charge in [0, 0.05) is 19.3 Å². The van der Waals surface area contributed by atoms with Gasteiger partial charge in [-0.25, -0.2) is 0 Å². The molecule has 6 nitrogen and oxygen atoms in total. The van der Waals surface area contributed by atoms with Gasteiger partial charge in [-0.1, -0.05) is 232 Å². The van der Waals surface area contributed by atoms with E-state index in [0.29, 0.717) is 19.3 Å². The largest absolute Gasteiger partial charge is 0.462 e. The van der Waals surface area contributed by atoms with Crippen LogP contribution < -0.4 is 0 Å². The summed E-state index contributed by atoms with van der Waals surface area (Å²) in [5.41, 5.74) is 0. The van der Waals surface area contributed by atoms with Gasteiger partial charge in [0.1, 0.15) is 13.2 Å². The Morgan fingerprint density at radius 2 is 0.569 bits per heavy atom. The first kappa shape index (κ1) is 56.1. The van der Waals surface area contributed by atoms with Crippen LogP contribution in [0.3, 0.4) is 0 Å². The molecule has 0 aromatic carbocycles. The summed E-state index contributed by atoms with van der Waals surface area (Å²) in [5.74, 6) is -0.859. The molecule has 0 aliphatic heterocycles. The van der Waals surface area contributed by atoms with E-state index in [-0.39, 0.29) is 31.1 Å². The van der Waals surface area contributed by atoms with Crippen molar-refractivity contribution in [3.05, 3.63) is 12.2 Å². The molecule has 0 bridgehead atoms. The van der Waals surface area contributed by atoms with Gasteiger partial charge in [0.2, 0.25) is 0 Å². The van der Waals surface area contributed by atoms with Crippen LogP contribution in [0.5, 0.6) is 0 Å². The third kappa shape index (κ3) is 45.2. The van der Waals surface area contributed by atoms with Crippen molar-refractivity contribution in [1.82, 2.24) is 0 Å². The number of carbonyl (C=O) groups is 3. The second-order valence-electron chi connectivity index (χ2n) is 17.4. The zero-order chi connectivity index (χ0) is 42.3. The molecule has 6 heteroatoms. The van der Waals surface area contributed by atoms with Crippen LogP contribution in [0.15, 0.2) is 12.2 Å². The summed E-state index contributed by atoms with van der Waals surface area (Å²) in [5, 5.41) is 0. The van der Waals surface area contributed by atoms with E-state index in [1.807, 2.05) is 0 Å². The van der Waals surface area contributed by atoms with Gasteiger partial charge in [0.15, 0.2) is 6.10 Å². The second kappa shape index (κ2) is 47.8. The van der Waals surface area contributed by atoms with Gasteiger partial charge in [-0.2, -0.15) is 0 Å².